The van der Waals surface area contributed by atoms with Crippen molar-refractivity contribution in [3.8, 4) is 5.75 Å². The van der Waals surface area contributed by atoms with E-state index in [0.717, 1.165) is 6.42 Å². The molecule has 2 rings (SSSR count). The van der Waals surface area contributed by atoms with Gasteiger partial charge < -0.3 is 9.67 Å². The predicted molar refractivity (Wildman–Crippen MR) is 80.9 cm³/mol. The van der Waals surface area contributed by atoms with Crippen LogP contribution in [0.15, 0.2) is 35.7 Å². The fraction of sp³-hybridized carbons (Fsp3) is 0.357. The zero-order valence-corrected chi connectivity index (χ0v) is 13.1. The number of hydrogen-bond acceptors (Lipinski definition) is 4. The first-order chi connectivity index (χ1) is 9.83. The van der Waals surface area contributed by atoms with Gasteiger partial charge in [-0.2, -0.15) is 8.42 Å². The number of aryl methyl sites for hydroxylation is 1. The second-order valence-electron chi connectivity index (χ2n) is 5.02. The largest absolute Gasteiger partial charge is 0.508 e. The molecule has 1 heterocycles. The number of phenolic OH excluding ortho intramolecular Hbond substituents is 1. The van der Waals surface area contributed by atoms with E-state index in [0.29, 0.717) is 11.3 Å². The fourth-order valence-electron chi connectivity index (χ4n) is 1.79. The van der Waals surface area contributed by atoms with Gasteiger partial charge in [-0.05, 0) is 31.9 Å². The van der Waals surface area contributed by atoms with Gasteiger partial charge in [0, 0.05) is 18.3 Å². The lowest BCUT2D eigenvalue weighted by Gasteiger charge is -2.09. The van der Waals surface area contributed by atoms with Crippen LogP contribution in [0, 0.1) is 6.92 Å². The molecule has 0 aliphatic rings. The quantitative estimate of drug-likeness (QED) is 0.889. The Morgan fingerprint density at radius 2 is 2.14 bits per heavy atom. The SMILES string of the molecule is CC[C@@H](C)n1cnc(S(=O)(=O)Nc2ccc(C)c(O)c2)c1. The van der Waals surface area contributed by atoms with Crippen LogP contribution in [0.25, 0.3) is 0 Å². The lowest BCUT2D eigenvalue weighted by atomic mass is 10.2. The third kappa shape index (κ3) is 3.36. The van der Waals surface area contributed by atoms with Gasteiger partial charge in [-0.1, -0.05) is 13.0 Å². The van der Waals surface area contributed by atoms with E-state index in [-0.39, 0.29) is 16.8 Å². The van der Waals surface area contributed by atoms with Gasteiger partial charge in [-0.15, -0.1) is 0 Å². The Morgan fingerprint density at radius 3 is 2.76 bits per heavy atom. The van der Waals surface area contributed by atoms with Crippen LogP contribution in [0.1, 0.15) is 31.9 Å². The molecule has 21 heavy (non-hydrogen) atoms. The molecule has 114 valence electrons. The molecule has 1 atom stereocenters. The summed E-state index contributed by atoms with van der Waals surface area (Å²) in [6.07, 6.45) is 3.90. The molecule has 0 bridgehead atoms. The smallest absolute Gasteiger partial charge is 0.280 e. The number of sulfonamides is 1. The Kier molecular flexibility index (Phi) is 4.22. The van der Waals surface area contributed by atoms with Crippen molar-refractivity contribution in [3.63, 3.8) is 0 Å². The molecule has 2 aromatic rings. The Morgan fingerprint density at radius 1 is 1.43 bits per heavy atom. The zero-order valence-electron chi connectivity index (χ0n) is 12.2. The van der Waals surface area contributed by atoms with Crippen LogP contribution < -0.4 is 4.72 Å². The first kappa shape index (κ1) is 15.4. The van der Waals surface area contributed by atoms with Crippen LogP contribution in [0.2, 0.25) is 0 Å². The molecule has 0 unspecified atom stereocenters. The van der Waals surface area contributed by atoms with Gasteiger partial charge >= 0.3 is 0 Å². The first-order valence-corrected chi connectivity index (χ1v) is 8.17. The molecule has 0 spiro atoms. The highest BCUT2D eigenvalue weighted by molar-refractivity contribution is 7.92. The summed E-state index contributed by atoms with van der Waals surface area (Å²) in [5.74, 6) is 0.0420. The van der Waals surface area contributed by atoms with Crippen LogP contribution >= 0.6 is 0 Å². The first-order valence-electron chi connectivity index (χ1n) is 6.69. The van der Waals surface area contributed by atoms with E-state index in [1.54, 1.807) is 23.6 Å². The molecule has 0 amide bonds. The molecule has 7 heteroatoms. The molecule has 0 aliphatic heterocycles. The number of phenols is 1. The molecule has 6 nitrogen and oxygen atoms in total. The average Bonchev–Trinajstić information content (AvgIpc) is 2.92. The third-order valence-electron chi connectivity index (χ3n) is 3.41. The van der Waals surface area contributed by atoms with Crippen molar-refractivity contribution < 1.29 is 13.5 Å². The minimum Gasteiger partial charge on any atom is -0.508 e. The van der Waals surface area contributed by atoms with Gasteiger partial charge in [-0.25, -0.2) is 4.98 Å². The molecule has 2 N–H and O–H groups in total. The van der Waals surface area contributed by atoms with E-state index in [9.17, 15) is 13.5 Å². The molecule has 0 saturated carbocycles. The molecule has 0 aliphatic carbocycles. The van der Waals surface area contributed by atoms with Crippen molar-refractivity contribution in [3.05, 3.63) is 36.3 Å². The normalized spacial score (nSPS) is 13.1. The summed E-state index contributed by atoms with van der Waals surface area (Å²) in [5.41, 5.74) is 0.982. The standard InChI is InChI=1S/C14H19N3O3S/c1-4-11(3)17-8-14(15-9-17)21(19,20)16-12-6-5-10(2)13(18)7-12/h5-9,11,16,18H,4H2,1-3H3/t11-/m1/s1. The monoisotopic (exact) mass is 309 g/mol. The summed E-state index contributed by atoms with van der Waals surface area (Å²) >= 11 is 0. The molecular weight excluding hydrogens is 290 g/mol. The number of rotatable bonds is 5. The van der Waals surface area contributed by atoms with Crippen LogP contribution in [-0.2, 0) is 10.0 Å². The Balaban J connectivity index is 2.25. The summed E-state index contributed by atoms with van der Waals surface area (Å²) < 4.78 is 28.7. The van der Waals surface area contributed by atoms with E-state index in [1.165, 1.54) is 18.6 Å². The second kappa shape index (κ2) is 5.77. The topological polar surface area (TPSA) is 84.2 Å². The Labute approximate surface area is 124 Å². The number of hydrogen-bond donors (Lipinski definition) is 2. The van der Waals surface area contributed by atoms with E-state index >= 15 is 0 Å². The zero-order chi connectivity index (χ0) is 15.6. The second-order valence-corrected chi connectivity index (χ2v) is 6.65. The lowest BCUT2D eigenvalue weighted by molar-refractivity contribution is 0.471. The molecule has 0 fully saturated rings. The molecular formula is C14H19N3O3S. The molecule has 0 radical (unpaired) electrons. The third-order valence-corrected chi connectivity index (χ3v) is 4.68. The molecule has 1 aromatic heterocycles. The van der Waals surface area contributed by atoms with Crippen molar-refractivity contribution in [2.75, 3.05) is 4.72 Å². The van der Waals surface area contributed by atoms with Gasteiger partial charge in [0.25, 0.3) is 10.0 Å². The maximum atomic E-state index is 12.3. The van der Waals surface area contributed by atoms with E-state index in [2.05, 4.69) is 9.71 Å². The van der Waals surface area contributed by atoms with Crippen molar-refractivity contribution in [1.82, 2.24) is 9.55 Å². The highest BCUT2D eigenvalue weighted by Gasteiger charge is 2.19. The predicted octanol–water partition coefficient (Wildman–Crippen LogP) is 2.67. The molecule has 0 saturated heterocycles. The fourth-order valence-corrected chi connectivity index (χ4v) is 2.78. The van der Waals surface area contributed by atoms with Crippen molar-refractivity contribution >= 4 is 15.7 Å². The van der Waals surface area contributed by atoms with Gasteiger partial charge in [-0.3, -0.25) is 4.72 Å². The number of nitrogens with zero attached hydrogens (tertiary/aromatic N) is 2. The van der Waals surface area contributed by atoms with Crippen LogP contribution in [0.5, 0.6) is 5.75 Å². The van der Waals surface area contributed by atoms with E-state index in [4.69, 9.17) is 0 Å². The van der Waals surface area contributed by atoms with Gasteiger partial charge in [0.2, 0.25) is 0 Å². The minimum absolute atomic E-state index is 0.0390. The highest BCUT2D eigenvalue weighted by atomic mass is 32.2. The van der Waals surface area contributed by atoms with Crippen LogP contribution in [0.3, 0.4) is 0 Å². The van der Waals surface area contributed by atoms with Crippen molar-refractivity contribution in [1.29, 1.82) is 0 Å². The van der Waals surface area contributed by atoms with Crippen LogP contribution in [-0.4, -0.2) is 23.1 Å². The van der Waals surface area contributed by atoms with Crippen molar-refractivity contribution in [2.45, 2.75) is 38.3 Å². The lowest BCUT2D eigenvalue weighted by Crippen LogP contribution is -2.13. The van der Waals surface area contributed by atoms with Gasteiger partial charge in [0.15, 0.2) is 5.03 Å². The average molecular weight is 309 g/mol. The van der Waals surface area contributed by atoms with E-state index < -0.39 is 10.0 Å². The summed E-state index contributed by atoms with van der Waals surface area (Å²) in [5, 5.41) is 9.58. The van der Waals surface area contributed by atoms with Crippen molar-refractivity contribution in [2.24, 2.45) is 0 Å². The summed E-state index contributed by atoms with van der Waals surface area (Å²) in [4.78, 5) is 3.94. The molecule has 1 aromatic carbocycles. The highest BCUT2D eigenvalue weighted by Crippen LogP contribution is 2.23. The number of benzene rings is 1. The number of imidazole rings is 1. The number of anilines is 1. The summed E-state index contributed by atoms with van der Waals surface area (Å²) in [6, 6.07) is 4.80. The maximum absolute atomic E-state index is 12.3. The number of aromatic hydroxyl groups is 1. The number of nitrogens with one attached hydrogen (secondary N) is 1. The van der Waals surface area contributed by atoms with Gasteiger partial charge in [0.1, 0.15) is 5.75 Å². The van der Waals surface area contributed by atoms with Crippen LogP contribution in [0.4, 0.5) is 5.69 Å². The maximum Gasteiger partial charge on any atom is 0.280 e. The van der Waals surface area contributed by atoms with Gasteiger partial charge in [0.05, 0.1) is 12.0 Å². The summed E-state index contributed by atoms with van der Waals surface area (Å²) in [7, 11) is -3.76. The minimum atomic E-state index is -3.76. The Bertz CT molecular complexity index is 738. The van der Waals surface area contributed by atoms with E-state index in [1.807, 2.05) is 13.8 Å². The Hall–Kier alpha value is -2.02. The number of aromatic nitrogens is 2. The summed E-state index contributed by atoms with van der Waals surface area (Å²) in [6.45, 7) is 5.75.